The largest absolute Gasteiger partial charge is 0.462 e. The minimum absolute atomic E-state index is 0.0765. The van der Waals surface area contributed by atoms with Gasteiger partial charge < -0.3 is 14.2 Å². The van der Waals surface area contributed by atoms with Crippen LogP contribution in [-0.2, 0) is 28.6 Å². The van der Waals surface area contributed by atoms with Crippen molar-refractivity contribution in [2.45, 2.75) is 335 Å². The minimum atomic E-state index is -0.780. The van der Waals surface area contributed by atoms with E-state index < -0.39 is 6.10 Å². The normalized spacial score (nSPS) is 12.3. The van der Waals surface area contributed by atoms with Gasteiger partial charge in [-0.05, 0) is 77.0 Å². The summed E-state index contributed by atoms with van der Waals surface area (Å²) in [6.07, 6.45) is 74.1. The first-order chi connectivity index (χ1) is 35.0. The van der Waals surface area contributed by atoms with Gasteiger partial charge in [0.1, 0.15) is 13.2 Å². The first kappa shape index (κ1) is 68.4. The first-order valence-corrected chi connectivity index (χ1v) is 31.1. The van der Waals surface area contributed by atoms with Crippen LogP contribution in [0.1, 0.15) is 329 Å². The van der Waals surface area contributed by atoms with Crippen molar-refractivity contribution in [3.8, 4) is 0 Å². The van der Waals surface area contributed by atoms with Gasteiger partial charge in [0, 0.05) is 19.3 Å². The molecule has 0 heterocycles. The molecule has 0 fully saturated rings. The third-order valence-electron chi connectivity index (χ3n) is 13.8. The summed E-state index contributed by atoms with van der Waals surface area (Å²) < 4.78 is 16.9. The lowest BCUT2D eigenvalue weighted by molar-refractivity contribution is -0.167. The summed E-state index contributed by atoms with van der Waals surface area (Å²) in [7, 11) is 0. The van der Waals surface area contributed by atoms with Crippen LogP contribution in [0.4, 0.5) is 0 Å². The van der Waals surface area contributed by atoms with E-state index in [0.29, 0.717) is 19.3 Å². The Hall–Kier alpha value is -2.63. The molecule has 6 nitrogen and oxygen atoms in total. The average Bonchev–Trinajstić information content (AvgIpc) is 3.37. The third-order valence-corrected chi connectivity index (χ3v) is 13.8. The van der Waals surface area contributed by atoms with Gasteiger partial charge in [-0.1, -0.05) is 281 Å². The summed E-state index contributed by atoms with van der Waals surface area (Å²) in [6, 6.07) is 0. The molecule has 0 saturated carbocycles. The molecule has 0 bridgehead atoms. The van der Waals surface area contributed by atoms with Crippen molar-refractivity contribution in [2.24, 2.45) is 0 Å². The van der Waals surface area contributed by atoms with Crippen LogP contribution >= 0.6 is 0 Å². The van der Waals surface area contributed by atoms with Gasteiger partial charge in [-0.25, -0.2) is 0 Å². The van der Waals surface area contributed by atoms with E-state index in [1.807, 2.05) is 0 Å². The van der Waals surface area contributed by atoms with E-state index in [9.17, 15) is 14.4 Å². The Labute approximate surface area is 441 Å². The van der Waals surface area contributed by atoms with Crippen LogP contribution in [0.3, 0.4) is 0 Å². The standard InChI is InChI=1S/C65H118O6/c1-4-7-10-13-16-19-22-25-27-29-30-31-32-33-34-35-37-38-40-43-46-49-52-55-58-64(67)70-61-62(60-69-63(66)57-54-51-48-45-42-24-21-18-15-12-9-6-3)71-65(68)59-56-53-50-47-44-41-39-36-28-26-23-20-17-14-11-8-5-2/h8,11,17-18,20-21,26,28,62H,4-7,9-10,12-16,19,22-25,27,29-61H2,1-3H3/b11-8-,20-17-,21-18-,28-26-. The fraction of sp³-hybridized carbons (Fsp3) is 0.831. The second-order valence-corrected chi connectivity index (χ2v) is 20.9. The first-order valence-electron chi connectivity index (χ1n) is 31.1. The Morgan fingerprint density at radius 3 is 0.901 bits per heavy atom. The fourth-order valence-electron chi connectivity index (χ4n) is 9.16. The van der Waals surface area contributed by atoms with Gasteiger partial charge in [0.15, 0.2) is 6.10 Å². The molecule has 0 N–H and O–H groups in total. The number of hydrogen-bond donors (Lipinski definition) is 0. The van der Waals surface area contributed by atoms with Crippen LogP contribution in [-0.4, -0.2) is 37.2 Å². The van der Waals surface area contributed by atoms with Crippen molar-refractivity contribution >= 4 is 17.9 Å². The lowest BCUT2D eigenvalue weighted by Crippen LogP contribution is -2.30. The molecule has 0 aromatic rings. The van der Waals surface area contributed by atoms with Gasteiger partial charge in [-0.15, -0.1) is 0 Å². The predicted octanol–water partition coefficient (Wildman–Crippen LogP) is 21.0. The molecule has 0 saturated heterocycles. The van der Waals surface area contributed by atoms with Gasteiger partial charge in [0.05, 0.1) is 0 Å². The highest BCUT2D eigenvalue weighted by atomic mass is 16.6. The molecule has 0 rings (SSSR count). The molecule has 0 aliphatic heterocycles. The van der Waals surface area contributed by atoms with Crippen LogP contribution in [0.15, 0.2) is 48.6 Å². The van der Waals surface area contributed by atoms with Gasteiger partial charge in [-0.3, -0.25) is 14.4 Å². The number of hydrogen-bond acceptors (Lipinski definition) is 6. The molecule has 0 aromatic heterocycles. The van der Waals surface area contributed by atoms with Crippen LogP contribution in [0, 0.1) is 0 Å². The van der Waals surface area contributed by atoms with Crippen molar-refractivity contribution in [3.63, 3.8) is 0 Å². The number of ether oxygens (including phenoxy) is 3. The summed E-state index contributed by atoms with van der Waals surface area (Å²) in [5.74, 6) is -0.879. The summed E-state index contributed by atoms with van der Waals surface area (Å²) in [5, 5.41) is 0. The van der Waals surface area contributed by atoms with E-state index in [1.165, 1.54) is 199 Å². The van der Waals surface area contributed by atoms with Crippen molar-refractivity contribution in [3.05, 3.63) is 48.6 Å². The fourth-order valence-corrected chi connectivity index (χ4v) is 9.16. The highest BCUT2D eigenvalue weighted by molar-refractivity contribution is 5.71. The number of rotatable bonds is 57. The average molecular weight is 996 g/mol. The van der Waals surface area contributed by atoms with Crippen LogP contribution in [0.5, 0.6) is 0 Å². The molecular formula is C65H118O6. The van der Waals surface area contributed by atoms with Gasteiger partial charge in [-0.2, -0.15) is 0 Å². The Balaban J connectivity index is 4.25. The Kier molecular flexibility index (Phi) is 57.7. The Morgan fingerprint density at radius 1 is 0.296 bits per heavy atom. The van der Waals surface area contributed by atoms with Crippen LogP contribution in [0.25, 0.3) is 0 Å². The maximum atomic E-state index is 12.9. The highest BCUT2D eigenvalue weighted by Crippen LogP contribution is 2.17. The number of unbranched alkanes of at least 4 members (excludes halogenated alkanes) is 38. The van der Waals surface area contributed by atoms with Gasteiger partial charge >= 0.3 is 17.9 Å². The molecule has 1 unspecified atom stereocenters. The highest BCUT2D eigenvalue weighted by Gasteiger charge is 2.19. The summed E-state index contributed by atoms with van der Waals surface area (Å²) in [4.78, 5) is 38.2. The third kappa shape index (κ3) is 58.1. The number of allylic oxidation sites excluding steroid dienone is 8. The summed E-state index contributed by atoms with van der Waals surface area (Å²) >= 11 is 0. The molecule has 6 heteroatoms. The Morgan fingerprint density at radius 2 is 0.549 bits per heavy atom. The van der Waals surface area contributed by atoms with E-state index >= 15 is 0 Å². The number of carbonyl (C=O) groups is 3. The van der Waals surface area contributed by atoms with E-state index in [-0.39, 0.29) is 31.1 Å². The summed E-state index contributed by atoms with van der Waals surface area (Å²) in [5.41, 5.74) is 0. The van der Waals surface area contributed by atoms with Gasteiger partial charge in [0.2, 0.25) is 0 Å². The van der Waals surface area contributed by atoms with E-state index in [1.54, 1.807) is 0 Å². The van der Waals surface area contributed by atoms with Crippen molar-refractivity contribution in [1.82, 2.24) is 0 Å². The minimum Gasteiger partial charge on any atom is -0.462 e. The zero-order valence-electron chi connectivity index (χ0n) is 47.5. The molecule has 0 aromatic carbocycles. The zero-order chi connectivity index (χ0) is 51.4. The molecule has 0 spiro atoms. The molecule has 0 aliphatic carbocycles. The van der Waals surface area contributed by atoms with Crippen molar-refractivity contribution < 1.29 is 28.6 Å². The topological polar surface area (TPSA) is 78.9 Å². The second kappa shape index (κ2) is 59.9. The molecule has 71 heavy (non-hydrogen) atoms. The molecular weight excluding hydrogens is 877 g/mol. The van der Waals surface area contributed by atoms with Crippen molar-refractivity contribution in [1.29, 1.82) is 0 Å². The molecule has 0 radical (unpaired) electrons. The maximum absolute atomic E-state index is 12.9. The molecule has 0 aliphatic rings. The molecule has 1 atom stereocenters. The lowest BCUT2D eigenvalue weighted by atomic mass is 10.0. The van der Waals surface area contributed by atoms with Crippen molar-refractivity contribution in [2.75, 3.05) is 13.2 Å². The SMILES string of the molecule is CC/C=C\C/C=C\C/C=C\CCCCCCCCCC(=O)OC(COC(=O)CCCCCCC/C=C\CCCCC)COC(=O)CCCCCCCCCCCCCCCCCCCCCCCCCC. The number of carbonyl (C=O) groups excluding carboxylic acids is 3. The van der Waals surface area contributed by atoms with Crippen LogP contribution in [0.2, 0.25) is 0 Å². The van der Waals surface area contributed by atoms with E-state index in [0.717, 1.165) is 89.9 Å². The van der Waals surface area contributed by atoms with E-state index in [2.05, 4.69) is 69.4 Å². The van der Waals surface area contributed by atoms with Gasteiger partial charge in [0.25, 0.3) is 0 Å². The maximum Gasteiger partial charge on any atom is 0.306 e. The molecule has 414 valence electrons. The lowest BCUT2D eigenvalue weighted by Gasteiger charge is -2.18. The summed E-state index contributed by atoms with van der Waals surface area (Å²) in [6.45, 7) is 6.54. The smallest absolute Gasteiger partial charge is 0.306 e. The number of esters is 3. The monoisotopic (exact) mass is 995 g/mol. The molecule has 0 amide bonds. The van der Waals surface area contributed by atoms with Crippen LogP contribution < -0.4 is 0 Å². The zero-order valence-corrected chi connectivity index (χ0v) is 47.5. The quantitative estimate of drug-likeness (QED) is 0.0261. The predicted molar refractivity (Wildman–Crippen MR) is 307 cm³/mol. The Bertz CT molecular complexity index is 1230. The second-order valence-electron chi connectivity index (χ2n) is 20.9. The van der Waals surface area contributed by atoms with E-state index in [4.69, 9.17) is 14.2 Å².